The number of aryl methyl sites for hydroxylation is 1. The average molecular weight is 250 g/mol. The van der Waals surface area contributed by atoms with E-state index in [0.717, 1.165) is 11.4 Å². The predicted molar refractivity (Wildman–Crippen MR) is 66.1 cm³/mol. The van der Waals surface area contributed by atoms with Crippen LogP contribution in [0.4, 0.5) is 4.39 Å². The van der Waals surface area contributed by atoms with Crippen molar-refractivity contribution in [3.8, 4) is 17.1 Å². The van der Waals surface area contributed by atoms with Crippen molar-refractivity contribution in [1.29, 1.82) is 0 Å². The van der Waals surface area contributed by atoms with Crippen LogP contribution in [0, 0.1) is 12.7 Å². The largest absolute Gasteiger partial charge is 0.494 e. The van der Waals surface area contributed by atoms with Crippen molar-refractivity contribution >= 4 is 0 Å². The van der Waals surface area contributed by atoms with Crippen molar-refractivity contribution in [3.05, 3.63) is 35.4 Å². The number of ether oxygens (including phenoxy) is 1. The number of halogens is 1. The Hall–Kier alpha value is -1.88. The third-order valence-electron chi connectivity index (χ3n) is 2.76. The Morgan fingerprint density at radius 3 is 2.83 bits per heavy atom. The van der Waals surface area contributed by atoms with E-state index >= 15 is 0 Å². The van der Waals surface area contributed by atoms with Crippen molar-refractivity contribution < 1.29 is 14.2 Å². The molecule has 0 fully saturated rings. The molecule has 0 saturated heterocycles. The molecule has 4 nitrogen and oxygen atoms in total. The first-order valence-electron chi connectivity index (χ1n) is 5.66. The van der Waals surface area contributed by atoms with E-state index in [9.17, 15) is 4.39 Å². The molecular formula is C13H15FN2O2. The van der Waals surface area contributed by atoms with Crippen molar-refractivity contribution in [1.82, 2.24) is 9.97 Å². The molecule has 0 atom stereocenters. The van der Waals surface area contributed by atoms with Gasteiger partial charge in [-0.15, -0.1) is 0 Å². The standard InChI is InChI=1S/C13H15FN2O2/c1-8-11(5-6-17)16-13(15-8)9-3-4-12(18-2)10(14)7-9/h3-4,7,17H,5-6H2,1-2H3,(H,15,16). The van der Waals surface area contributed by atoms with Crippen LogP contribution in [0.3, 0.4) is 0 Å². The van der Waals surface area contributed by atoms with Crippen LogP contribution in [0.25, 0.3) is 11.4 Å². The maximum atomic E-state index is 13.6. The molecule has 1 heterocycles. The number of hydrogen-bond donors (Lipinski definition) is 2. The molecule has 0 aliphatic carbocycles. The fraction of sp³-hybridized carbons (Fsp3) is 0.308. The first-order chi connectivity index (χ1) is 8.65. The third-order valence-corrected chi connectivity index (χ3v) is 2.76. The van der Waals surface area contributed by atoms with E-state index in [1.807, 2.05) is 6.92 Å². The second kappa shape index (κ2) is 5.18. The van der Waals surface area contributed by atoms with Gasteiger partial charge in [-0.1, -0.05) is 0 Å². The van der Waals surface area contributed by atoms with E-state index in [-0.39, 0.29) is 12.4 Å². The molecule has 0 amide bonds. The van der Waals surface area contributed by atoms with Gasteiger partial charge >= 0.3 is 0 Å². The highest BCUT2D eigenvalue weighted by atomic mass is 19.1. The summed E-state index contributed by atoms with van der Waals surface area (Å²) in [6.45, 7) is 1.92. The van der Waals surface area contributed by atoms with E-state index in [0.29, 0.717) is 17.8 Å². The average Bonchev–Trinajstić information content (AvgIpc) is 2.71. The predicted octanol–water partition coefficient (Wildman–Crippen LogP) is 2.07. The molecule has 0 spiro atoms. The highest BCUT2D eigenvalue weighted by Gasteiger charge is 2.10. The molecular weight excluding hydrogens is 235 g/mol. The molecule has 2 aromatic rings. The Morgan fingerprint density at radius 1 is 1.44 bits per heavy atom. The van der Waals surface area contributed by atoms with Crippen LogP contribution in [0.1, 0.15) is 11.4 Å². The van der Waals surface area contributed by atoms with Gasteiger partial charge in [-0.2, -0.15) is 0 Å². The molecule has 0 unspecified atom stereocenters. The number of rotatable bonds is 4. The molecule has 5 heteroatoms. The summed E-state index contributed by atoms with van der Waals surface area (Å²) in [4.78, 5) is 7.42. The summed E-state index contributed by atoms with van der Waals surface area (Å²) in [7, 11) is 1.43. The second-order valence-electron chi connectivity index (χ2n) is 3.98. The molecule has 1 aromatic heterocycles. The number of benzene rings is 1. The molecule has 0 aliphatic rings. The lowest BCUT2D eigenvalue weighted by Crippen LogP contribution is -1.93. The van der Waals surface area contributed by atoms with Crippen LogP contribution in [-0.2, 0) is 6.42 Å². The van der Waals surface area contributed by atoms with E-state index in [2.05, 4.69) is 9.97 Å². The van der Waals surface area contributed by atoms with Gasteiger partial charge in [0.05, 0.1) is 12.8 Å². The molecule has 0 saturated carbocycles. The number of methoxy groups -OCH3 is 1. The fourth-order valence-electron chi connectivity index (χ4n) is 1.80. The maximum absolute atomic E-state index is 13.6. The second-order valence-corrected chi connectivity index (χ2v) is 3.98. The van der Waals surface area contributed by atoms with Gasteiger partial charge in [-0.05, 0) is 25.1 Å². The maximum Gasteiger partial charge on any atom is 0.165 e. The minimum Gasteiger partial charge on any atom is -0.494 e. The number of H-pyrrole nitrogens is 1. The number of hydrogen-bond acceptors (Lipinski definition) is 3. The molecule has 0 aliphatic heterocycles. The summed E-state index contributed by atoms with van der Waals surface area (Å²) in [5, 5.41) is 8.91. The van der Waals surface area contributed by atoms with Gasteiger partial charge in [0, 0.05) is 24.3 Å². The monoisotopic (exact) mass is 250 g/mol. The molecule has 0 bridgehead atoms. The van der Waals surface area contributed by atoms with Gasteiger partial charge in [0.15, 0.2) is 11.6 Å². The lowest BCUT2D eigenvalue weighted by Gasteiger charge is -2.02. The Balaban J connectivity index is 2.36. The molecule has 1 aromatic carbocycles. The third kappa shape index (κ3) is 2.36. The Morgan fingerprint density at radius 2 is 2.22 bits per heavy atom. The SMILES string of the molecule is COc1ccc(-c2nc(CCO)c(C)[nH]2)cc1F. The Bertz CT molecular complexity index is 552. The van der Waals surface area contributed by atoms with Crippen LogP contribution in [0.5, 0.6) is 5.75 Å². The smallest absolute Gasteiger partial charge is 0.165 e. The van der Waals surface area contributed by atoms with Crippen molar-refractivity contribution in [2.24, 2.45) is 0 Å². The summed E-state index contributed by atoms with van der Waals surface area (Å²) >= 11 is 0. The number of nitrogens with zero attached hydrogens (tertiary/aromatic N) is 1. The number of aliphatic hydroxyl groups excluding tert-OH is 1. The lowest BCUT2D eigenvalue weighted by molar-refractivity contribution is 0.298. The van der Waals surface area contributed by atoms with Gasteiger partial charge in [0.2, 0.25) is 0 Å². The lowest BCUT2D eigenvalue weighted by atomic mass is 10.2. The number of nitrogens with one attached hydrogen (secondary N) is 1. The Labute approximate surface area is 104 Å². The van der Waals surface area contributed by atoms with Crippen LogP contribution < -0.4 is 4.74 Å². The number of aliphatic hydroxyl groups is 1. The minimum atomic E-state index is -0.423. The quantitative estimate of drug-likeness (QED) is 0.873. The van der Waals surface area contributed by atoms with Gasteiger partial charge in [-0.3, -0.25) is 0 Å². The van der Waals surface area contributed by atoms with E-state index in [1.165, 1.54) is 13.2 Å². The summed E-state index contributed by atoms with van der Waals surface area (Å²) in [6, 6.07) is 4.68. The number of imidazole rings is 1. The summed E-state index contributed by atoms with van der Waals surface area (Å²) in [5.41, 5.74) is 2.33. The zero-order valence-corrected chi connectivity index (χ0v) is 10.3. The molecule has 96 valence electrons. The van der Waals surface area contributed by atoms with Crippen LogP contribution in [0.2, 0.25) is 0 Å². The zero-order valence-electron chi connectivity index (χ0n) is 10.3. The highest BCUT2D eigenvalue weighted by molar-refractivity contribution is 5.57. The number of aromatic amines is 1. The minimum absolute atomic E-state index is 0.0438. The van der Waals surface area contributed by atoms with Crippen molar-refractivity contribution in [2.75, 3.05) is 13.7 Å². The van der Waals surface area contributed by atoms with Crippen molar-refractivity contribution in [3.63, 3.8) is 0 Å². The molecule has 0 radical (unpaired) electrons. The van der Waals surface area contributed by atoms with Gasteiger partial charge in [-0.25, -0.2) is 9.37 Å². The highest BCUT2D eigenvalue weighted by Crippen LogP contribution is 2.24. The van der Waals surface area contributed by atoms with Crippen molar-refractivity contribution in [2.45, 2.75) is 13.3 Å². The zero-order chi connectivity index (χ0) is 13.1. The van der Waals surface area contributed by atoms with Crippen LogP contribution >= 0.6 is 0 Å². The normalized spacial score (nSPS) is 10.7. The fourth-order valence-corrected chi connectivity index (χ4v) is 1.80. The van der Waals surface area contributed by atoms with Crippen LogP contribution in [0.15, 0.2) is 18.2 Å². The van der Waals surface area contributed by atoms with Gasteiger partial charge in [0.1, 0.15) is 5.82 Å². The molecule has 2 rings (SSSR count). The Kier molecular flexibility index (Phi) is 3.62. The summed E-state index contributed by atoms with van der Waals surface area (Å²) in [5.74, 6) is 0.378. The first kappa shape index (κ1) is 12.6. The van der Waals surface area contributed by atoms with Gasteiger partial charge < -0.3 is 14.8 Å². The summed E-state index contributed by atoms with van der Waals surface area (Å²) < 4.78 is 18.4. The molecule has 2 N–H and O–H groups in total. The topological polar surface area (TPSA) is 58.1 Å². The van der Waals surface area contributed by atoms with E-state index in [1.54, 1.807) is 12.1 Å². The number of aromatic nitrogens is 2. The van der Waals surface area contributed by atoms with Gasteiger partial charge in [0.25, 0.3) is 0 Å². The summed E-state index contributed by atoms with van der Waals surface area (Å²) in [6.07, 6.45) is 0.487. The van der Waals surface area contributed by atoms with E-state index < -0.39 is 5.82 Å². The first-order valence-corrected chi connectivity index (χ1v) is 5.66. The van der Waals surface area contributed by atoms with Crippen LogP contribution in [-0.4, -0.2) is 28.8 Å². The van der Waals surface area contributed by atoms with E-state index in [4.69, 9.17) is 9.84 Å². The molecule has 18 heavy (non-hydrogen) atoms.